The SMILES string of the molecule is Nc1ccc(F)c(NC(=O)CSc2ccncn2)c1. The second-order valence-electron chi connectivity index (χ2n) is 3.62. The third-order valence-electron chi connectivity index (χ3n) is 2.17. The van der Waals surface area contributed by atoms with Gasteiger partial charge in [0, 0.05) is 11.9 Å². The smallest absolute Gasteiger partial charge is 0.234 e. The van der Waals surface area contributed by atoms with E-state index in [1.807, 2.05) is 0 Å². The predicted molar refractivity (Wildman–Crippen MR) is 72.2 cm³/mol. The summed E-state index contributed by atoms with van der Waals surface area (Å²) in [6.07, 6.45) is 2.99. The van der Waals surface area contributed by atoms with E-state index in [0.29, 0.717) is 10.7 Å². The summed E-state index contributed by atoms with van der Waals surface area (Å²) < 4.78 is 13.4. The third kappa shape index (κ3) is 3.92. The number of nitrogens with zero attached hydrogens (tertiary/aromatic N) is 2. The van der Waals surface area contributed by atoms with Gasteiger partial charge < -0.3 is 11.1 Å². The van der Waals surface area contributed by atoms with E-state index in [4.69, 9.17) is 5.73 Å². The van der Waals surface area contributed by atoms with E-state index >= 15 is 0 Å². The summed E-state index contributed by atoms with van der Waals surface area (Å²) in [4.78, 5) is 19.4. The van der Waals surface area contributed by atoms with Gasteiger partial charge in [-0.2, -0.15) is 0 Å². The number of carbonyl (C=O) groups excluding carboxylic acids is 1. The molecular formula is C12H11FN4OS. The van der Waals surface area contributed by atoms with Crippen LogP contribution in [-0.2, 0) is 4.79 Å². The summed E-state index contributed by atoms with van der Waals surface area (Å²) in [6, 6.07) is 5.71. The van der Waals surface area contributed by atoms with Crippen molar-refractivity contribution < 1.29 is 9.18 Å². The van der Waals surface area contributed by atoms with Gasteiger partial charge in [0.1, 0.15) is 12.1 Å². The zero-order chi connectivity index (χ0) is 13.7. The van der Waals surface area contributed by atoms with Crippen LogP contribution in [0, 0.1) is 5.82 Å². The van der Waals surface area contributed by atoms with Crippen LogP contribution in [-0.4, -0.2) is 21.6 Å². The van der Waals surface area contributed by atoms with Gasteiger partial charge in [0.25, 0.3) is 0 Å². The molecule has 0 radical (unpaired) electrons. The van der Waals surface area contributed by atoms with Gasteiger partial charge in [-0.25, -0.2) is 14.4 Å². The maximum atomic E-state index is 13.4. The molecule has 0 fully saturated rings. The van der Waals surface area contributed by atoms with Gasteiger partial charge in [-0.15, -0.1) is 0 Å². The Kier molecular flexibility index (Phi) is 4.30. The highest BCUT2D eigenvalue weighted by Gasteiger charge is 2.08. The summed E-state index contributed by atoms with van der Waals surface area (Å²) in [6.45, 7) is 0. The first kappa shape index (κ1) is 13.3. The lowest BCUT2D eigenvalue weighted by Gasteiger charge is -2.06. The second kappa shape index (κ2) is 6.14. The molecule has 1 aromatic heterocycles. The highest BCUT2D eigenvalue weighted by Crippen LogP contribution is 2.19. The lowest BCUT2D eigenvalue weighted by atomic mass is 10.2. The number of nitrogen functional groups attached to an aromatic ring is 1. The van der Waals surface area contributed by atoms with Crippen LogP contribution in [0.15, 0.2) is 41.8 Å². The summed E-state index contributed by atoms with van der Waals surface area (Å²) in [5, 5.41) is 3.14. The molecule has 0 atom stereocenters. The number of anilines is 2. The summed E-state index contributed by atoms with van der Waals surface area (Å²) in [7, 11) is 0. The highest BCUT2D eigenvalue weighted by molar-refractivity contribution is 7.99. The molecular weight excluding hydrogens is 267 g/mol. The van der Waals surface area contributed by atoms with E-state index in [0.717, 1.165) is 0 Å². The number of hydrogen-bond acceptors (Lipinski definition) is 5. The van der Waals surface area contributed by atoms with Crippen LogP contribution in [0.5, 0.6) is 0 Å². The molecule has 0 aliphatic rings. The molecule has 0 bridgehead atoms. The first-order valence-electron chi connectivity index (χ1n) is 5.39. The Morgan fingerprint density at radius 3 is 3.00 bits per heavy atom. The Morgan fingerprint density at radius 1 is 1.42 bits per heavy atom. The Bertz CT molecular complexity index is 579. The van der Waals surface area contributed by atoms with Gasteiger partial charge >= 0.3 is 0 Å². The van der Waals surface area contributed by atoms with Crippen molar-refractivity contribution in [3.05, 3.63) is 42.6 Å². The zero-order valence-electron chi connectivity index (χ0n) is 9.84. The van der Waals surface area contributed by atoms with Crippen LogP contribution in [0.4, 0.5) is 15.8 Å². The number of nitrogens with two attached hydrogens (primary N) is 1. The van der Waals surface area contributed by atoms with Gasteiger partial charge in [-0.05, 0) is 24.3 Å². The van der Waals surface area contributed by atoms with Crippen molar-refractivity contribution >= 4 is 29.0 Å². The number of hydrogen-bond donors (Lipinski definition) is 2. The van der Waals surface area contributed by atoms with Crippen molar-refractivity contribution in [2.24, 2.45) is 0 Å². The van der Waals surface area contributed by atoms with Crippen molar-refractivity contribution in [2.75, 3.05) is 16.8 Å². The molecule has 2 rings (SSSR count). The monoisotopic (exact) mass is 278 g/mol. The Hall–Kier alpha value is -2.15. The first-order chi connectivity index (χ1) is 9.15. The minimum absolute atomic E-state index is 0.0771. The minimum Gasteiger partial charge on any atom is -0.399 e. The first-order valence-corrected chi connectivity index (χ1v) is 6.37. The van der Waals surface area contributed by atoms with E-state index in [2.05, 4.69) is 15.3 Å². The predicted octanol–water partition coefficient (Wildman–Crippen LogP) is 1.93. The maximum absolute atomic E-state index is 13.4. The minimum atomic E-state index is -0.519. The number of thioether (sulfide) groups is 1. The highest BCUT2D eigenvalue weighted by atomic mass is 32.2. The van der Waals surface area contributed by atoms with Gasteiger partial charge in [-0.1, -0.05) is 11.8 Å². The molecule has 0 unspecified atom stereocenters. The molecule has 98 valence electrons. The van der Waals surface area contributed by atoms with Crippen molar-refractivity contribution in [2.45, 2.75) is 5.03 Å². The molecule has 7 heteroatoms. The van der Waals surface area contributed by atoms with Gasteiger partial charge in [-0.3, -0.25) is 4.79 Å². The summed E-state index contributed by atoms with van der Waals surface area (Å²) >= 11 is 1.24. The number of benzene rings is 1. The average molecular weight is 278 g/mol. The summed E-state index contributed by atoms with van der Waals surface area (Å²) in [5.41, 5.74) is 5.99. The Morgan fingerprint density at radius 2 is 2.26 bits per heavy atom. The number of rotatable bonds is 4. The molecule has 5 nitrogen and oxygen atoms in total. The molecule has 19 heavy (non-hydrogen) atoms. The fourth-order valence-electron chi connectivity index (χ4n) is 1.33. The molecule has 2 aromatic rings. The van der Waals surface area contributed by atoms with Crippen LogP contribution < -0.4 is 11.1 Å². The maximum Gasteiger partial charge on any atom is 0.234 e. The Labute approximate surface area is 113 Å². The molecule has 0 aliphatic carbocycles. The van der Waals surface area contributed by atoms with Crippen molar-refractivity contribution in [1.82, 2.24) is 9.97 Å². The largest absolute Gasteiger partial charge is 0.399 e. The number of carbonyl (C=O) groups is 1. The summed E-state index contributed by atoms with van der Waals surface area (Å²) in [5.74, 6) is -0.715. The van der Waals surface area contributed by atoms with Crippen LogP contribution in [0.25, 0.3) is 0 Å². The molecule has 0 aliphatic heterocycles. The molecule has 3 N–H and O–H groups in total. The average Bonchev–Trinajstić information content (AvgIpc) is 2.42. The second-order valence-corrected chi connectivity index (χ2v) is 4.62. The standard InChI is InChI=1S/C12H11FN4OS/c13-9-2-1-8(14)5-10(9)17-11(18)6-19-12-3-4-15-7-16-12/h1-5,7H,6,14H2,(H,17,18). The van der Waals surface area contributed by atoms with Crippen LogP contribution in [0.3, 0.4) is 0 Å². The van der Waals surface area contributed by atoms with E-state index < -0.39 is 5.82 Å². The van der Waals surface area contributed by atoms with E-state index in [1.54, 1.807) is 12.3 Å². The molecule has 1 heterocycles. The molecule has 0 saturated carbocycles. The fourth-order valence-corrected chi connectivity index (χ4v) is 1.96. The van der Waals surface area contributed by atoms with Gasteiger partial charge in [0.05, 0.1) is 16.5 Å². The van der Waals surface area contributed by atoms with Gasteiger partial charge in [0.15, 0.2) is 0 Å². The topological polar surface area (TPSA) is 80.9 Å². The molecule has 0 spiro atoms. The van der Waals surface area contributed by atoms with Crippen molar-refractivity contribution in [1.29, 1.82) is 0 Å². The Balaban J connectivity index is 1.93. The molecule has 1 amide bonds. The van der Waals surface area contributed by atoms with Crippen molar-refractivity contribution in [3.8, 4) is 0 Å². The normalized spacial score (nSPS) is 10.2. The third-order valence-corrected chi connectivity index (χ3v) is 3.11. The van der Waals surface area contributed by atoms with Crippen LogP contribution >= 0.6 is 11.8 Å². The lowest BCUT2D eigenvalue weighted by Crippen LogP contribution is -2.15. The number of halogens is 1. The van der Waals surface area contributed by atoms with Gasteiger partial charge in [0.2, 0.25) is 5.91 Å². The quantitative estimate of drug-likeness (QED) is 0.507. The van der Waals surface area contributed by atoms with Crippen molar-refractivity contribution in [3.63, 3.8) is 0 Å². The van der Waals surface area contributed by atoms with E-state index in [-0.39, 0.29) is 17.3 Å². The lowest BCUT2D eigenvalue weighted by molar-refractivity contribution is -0.113. The fraction of sp³-hybridized carbons (Fsp3) is 0.0833. The van der Waals surface area contributed by atoms with E-state index in [1.165, 1.54) is 36.3 Å². The van der Waals surface area contributed by atoms with Crippen LogP contribution in [0.1, 0.15) is 0 Å². The number of amides is 1. The van der Waals surface area contributed by atoms with Crippen LogP contribution in [0.2, 0.25) is 0 Å². The molecule has 0 saturated heterocycles. The zero-order valence-corrected chi connectivity index (χ0v) is 10.7. The number of aromatic nitrogens is 2. The number of nitrogens with one attached hydrogen (secondary N) is 1. The van der Waals surface area contributed by atoms with E-state index in [9.17, 15) is 9.18 Å². The molecule has 1 aromatic carbocycles.